The van der Waals surface area contributed by atoms with Crippen LogP contribution in [0.1, 0.15) is 11.1 Å². The van der Waals surface area contributed by atoms with Gasteiger partial charge < -0.3 is 0 Å². The lowest BCUT2D eigenvalue weighted by Crippen LogP contribution is -2.32. The number of hydrogen-bond donors (Lipinski definition) is 0. The predicted octanol–water partition coefficient (Wildman–Crippen LogP) is 5.94. The molecular weight excluding hydrogens is 424 g/mol. The van der Waals surface area contributed by atoms with Gasteiger partial charge in [-0.15, -0.1) is 0 Å². The number of rotatable bonds is 3. The summed E-state index contributed by atoms with van der Waals surface area (Å²) < 4.78 is 0.980. The van der Waals surface area contributed by atoms with Crippen molar-refractivity contribution < 1.29 is 4.79 Å². The summed E-state index contributed by atoms with van der Waals surface area (Å²) in [6.45, 7) is 0. The molecule has 1 heterocycles. The maximum atomic E-state index is 13.2. The molecule has 0 radical (unpaired) electrons. The van der Waals surface area contributed by atoms with Crippen molar-refractivity contribution in [3.05, 3.63) is 105 Å². The van der Waals surface area contributed by atoms with Crippen molar-refractivity contribution in [1.29, 1.82) is 0 Å². The number of carbonyl (C=O) groups excluding carboxylic acids is 1. The first-order valence-corrected chi connectivity index (χ1v) is 9.51. The Morgan fingerprint density at radius 2 is 1.56 bits per heavy atom. The number of hydrogen-bond acceptors (Lipinski definition) is 2. The predicted molar refractivity (Wildman–Crippen MR) is 114 cm³/mol. The number of amidine groups is 1. The van der Waals surface area contributed by atoms with Gasteiger partial charge in [0.1, 0.15) is 11.5 Å². The second kappa shape index (κ2) is 7.51. The normalized spacial score (nSPS) is 15.3. The van der Waals surface area contributed by atoms with Crippen LogP contribution in [-0.2, 0) is 4.79 Å². The molecule has 0 aromatic heterocycles. The van der Waals surface area contributed by atoms with Crippen LogP contribution in [-0.4, -0.2) is 11.7 Å². The fraction of sp³-hybridized carbons (Fsp3) is 0. The summed E-state index contributed by atoms with van der Waals surface area (Å²) >= 11 is 9.81. The lowest BCUT2D eigenvalue weighted by molar-refractivity contribution is -0.113. The second-order valence-electron chi connectivity index (χ2n) is 5.97. The molecule has 1 aliphatic rings. The zero-order chi connectivity index (χ0) is 18.8. The molecule has 0 aliphatic carbocycles. The van der Waals surface area contributed by atoms with Gasteiger partial charge in [-0.05, 0) is 48.0 Å². The van der Waals surface area contributed by atoms with Crippen molar-refractivity contribution in [2.24, 2.45) is 4.99 Å². The van der Waals surface area contributed by atoms with Crippen LogP contribution in [0.3, 0.4) is 0 Å². The highest BCUT2D eigenvalue weighted by atomic mass is 79.9. The highest BCUT2D eigenvalue weighted by molar-refractivity contribution is 9.10. The topological polar surface area (TPSA) is 32.7 Å². The van der Waals surface area contributed by atoms with Crippen molar-refractivity contribution in [1.82, 2.24) is 0 Å². The van der Waals surface area contributed by atoms with Gasteiger partial charge >= 0.3 is 0 Å². The van der Waals surface area contributed by atoms with E-state index >= 15 is 0 Å². The Morgan fingerprint density at radius 3 is 2.26 bits per heavy atom. The zero-order valence-electron chi connectivity index (χ0n) is 14.1. The number of carbonyl (C=O) groups is 1. The number of anilines is 1. The van der Waals surface area contributed by atoms with E-state index in [0.29, 0.717) is 16.6 Å². The highest BCUT2D eigenvalue weighted by Gasteiger charge is 2.33. The zero-order valence-corrected chi connectivity index (χ0v) is 16.5. The lowest BCUT2D eigenvalue weighted by atomic mass is 10.1. The Balaban J connectivity index is 1.84. The number of amides is 1. The number of aliphatic imine (C=N–C) groups is 1. The van der Waals surface area contributed by atoms with E-state index in [1.165, 1.54) is 0 Å². The molecule has 27 heavy (non-hydrogen) atoms. The first kappa shape index (κ1) is 17.7. The third kappa shape index (κ3) is 3.59. The van der Waals surface area contributed by atoms with Crippen molar-refractivity contribution in [3.63, 3.8) is 0 Å². The number of halogens is 2. The molecule has 0 saturated heterocycles. The third-order valence-corrected chi connectivity index (χ3v) is 5.02. The summed E-state index contributed by atoms with van der Waals surface area (Å²) in [4.78, 5) is 19.4. The smallest absolute Gasteiger partial charge is 0.266 e. The molecule has 0 fully saturated rings. The van der Waals surface area contributed by atoms with E-state index in [-0.39, 0.29) is 5.91 Å². The van der Waals surface area contributed by atoms with Gasteiger partial charge in [-0.25, -0.2) is 4.99 Å². The van der Waals surface area contributed by atoms with Gasteiger partial charge in [0.05, 0.1) is 10.7 Å². The van der Waals surface area contributed by atoms with Gasteiger partial charge in [-0.3, -0.25) is 9.69 Å². The fourth-order valence-electron chi connectivity index (χ4n) is 2.87. The van der Waals surface area contributed by atoms with Gasteiger partial charge in [0, 0.05) is 10.0 Å². The molecule has 0 unspecified atom stereocenters. The van der Waals surface area contributed by atoms with Crippen molar-refractivity contribution in [2.75, 3.05) is 4.90 Å². The molecule has 0 bridgehead atoms. The van der Waals surface area contributed by atoms with E-state index < -0.39 is 0 Å². The maximum Gasteiger partial charge on any atom is 0.282 e. The van der Waals surface area contributed by atoms with Crippen molar-refractivity contribution in [2.45, 2.75) is 0 Å². The minimum atomic E-state index is -0.181. The first-order valence-electron chi connectivity index (χ1n) is 8.34. The van der Waals surface area contributed by atoms with Gasteiger partial charge in [-0.2, -0.15) is 0 Å². The van der Waals surface area contributed by atoms with E-state index in [4.69, 9.17) is 11.6 Å². The minimum Gasteiger partial charge on any atom is -0.266 e. The first-order chi connectivity index (χ1) is 13.1. The average Bonchev–Trinajstić information content (AvgIpc) is 3.01. The van der Waals surface area contributed by atoms with Crippen molar-refractivity contribution in [3.8, 4) is 0 Å². The Bertz CT molecular complexity index is 1060. The molecular formula is C22H14BrClN2O. The Labute approximate surface area is 170 Å². The van der Waals surface area contributed by atoms with Crippen LogP contribution in [0.5, 0.6) is 0 Å². The minimum absolute atomic E-state index is 0.181. The number of benzene rings is 3. The molecule has 5 heteroatoms. The van der Waals surface area contributed by atoms with Gasteiger partial charge in [0.2, 0.25) is 0 Å². The van der Waals surface area contributed by atoms with Crippen molar-refractivity contribution >= 4 is 51.0 Å². The quantitative estimate of drug-likeness (QED) is 0.467. The second-order valence-corrected chi connectivity index (χ2v) is 7.30. The van der Waals surface area contributed by atoms with Crippen LogP contribution in [0, 0.1) is 0 Å². The molecule has 4 rings (SSSR count). The van der Waals surface area contributed by atoms with Crippen LogP contribution >= 0.6 is 27.5 Å². The lowest BCUT2D eigenvalue weighted by Gasteiger charge is -2.19. The molecule has 132 valence electrons. The van der Waals surface area contributed by atoms with E-state index in [0.717, 1.165) is 21.3 Å². The average molecular weight is 438 g/mol. The van der Waals surface area contributed by atoms with Crippen LogP contribution in [0.2, 0.25) is 5.02 Å². The molecule has 0 spiro atoms. The molecule has 1 aliphatic heterocycles. The Morgan fingerprint density at radius 1 is 0.889 bits per heavy atom. The summed E-state index contributed by atoms with van der Waals surface area (Å²) in [6, 6.07) is 24.6. The molecule has 3 nitrogen and oxygen atoms in total. The van der Waals surface area contributed by atoms with E-state index in [1.54, 1.807) is 17.0 Å². The molecule has 3 aromatic carbocycles. The molecule has 0 saturated carbocycles. The van der Waals surface area contributed by atoms with Crippen LogP contribution in [0.15, 0.2) is 94.0 Å². The summed E-state index contributed by atoms with van der Waals surface area (Å²) in [5, 5.41) is 0.551. The standard InChI is InChI=1S/C22H14BrClN2O/c23-16-12-10-15(11-13-16)14-20-22(27)26(17-6-2-1-3-7-17)21(25-20)18-8-4-5-9-19(18)24/h1-14H/b20-14+. The number of nitrogens with zero attached hydrogens (tertiary/aromatic N) is 2. The summed E-state index contributed by atoms with van der Waals surface area (Å²) in [5.41, 5.74) is 2.74. The summed E-state index contributed by atoms with van der Waals surface area (Å²) in [7, 11) is 0. The van der Waals surface area contributed by atoms with Gasteiger partial charge in [0.15, 0.2) is 0 Å². The maximum absolute atomic E-state index is 13.2. The molecule has 1 amide bonds. The van der Waals surface area contributed by atoms with Gasteiger partial charge in [0.25, 0.3) is 5.91 Å². The molecule has 3 aromatic rings. The van der Waals surface area contributed by atoms with Gasteiger partial charge in [-0.1, -0.05) is 70.0 Å². The number of para-hydroxylation sites is 1. The summed E-state index contributed by atoms with van der Waals surface area (Å²) in [6.07, 6.45) is 1.79. The SMILES string of the molecule is O=C1/C(=C\c2ccc(Br)cc2)N=C(c2ccccc2Cl)N1c1ccccc1. The highest BCUT2D eigenvalue weighted by Crippen LogP contribution is 2.30. The largest absolute Gasteiger partial charge is 0.282 e. The Kier molecular flexibility index (Phi) is 4.92. The summed E-state index contributed by atoms with van der Waals surface area (Å²) in [5.74, 6) is 0.346. The third-order valence-electron chi connectivity index (χ3n) is 4.16. The molecule has 0 N–H and O–H groups in total. The molecule has 0 atom stereocenters. The Hall–Kier alpha value is -2.69. The van der Waals surface area contributed by atoms with E-state index in [9.17, 15) is 4.79 Å². The fourth-order valence-corrected chi connectivity index (χ4v) is 3.36. The van der Waals surface area contributed by atoms with Crippen LogP contribution in [0.4, 0.5) is 5.69 Å². The van der Waals surface area contributed by atoms with Crippen LogP contribution < -0.4 is 4.90 Å². The van der Waals surface area contributed by atoms with E-state index in [2.05, 4.69) is 20.9 Å². The van der Waals surface area contributed by atoms with Crippen LogP contribution in [0.25, 0.3) is 6.08 Å². The van der Waals surface area contributed by atoms with E-state index in [1.807, 2.05) is 72.8 Å². The monoisotopic (exact) mass is 436 g/mol.